The van der Waals surface area contributed by atoms with E-state index in [2.05, 4.69) is 12.0 Å². The summed E-state index contributed by atoms with van der Waals surface area (Å²) in [6.07, 6.45) is 3.86. The first-order chi connectivity index (χ1) is 9.06. The smallest absolute Gasteiger partial charge is 0.240 e. The van der Waals surface area contributed by atoms with Crippen molar-refractivity contribution in [3.05, 3.63) is 5.69 Å². The fraction of sp³-hybridized carbons (Fsp3) is 0.692. The van der Waals surface area contributed by atoms with Crippen molar-refractivity contribution in [3.8, 4) is 0 Å². The van der Waals surface area contributed by atoms with E-state index >= 15 is 0 Å². The Morgan fingerprint density at radius 2 is 2.21 bits per heavy atom. The maximum absolute atomic E-state index is 11.6. The van der Waals surface area contributed by atoms with E-state index in [1.165, 1.54) is 0 Å². The molecule has 6 heteroatoms. The van der Waals surface area contributed by atoms with Crippen LogP contribution in [0.25, 0.3) is 0 Å². The van der Waals surface area contributed by atoms with Gasteiger partial charge in [0.15, 0.2) is 5.82 Å². The third-order valence-electron chi connectivity index (χ3n) is 3.68. The van der Waals surface area contributed by atoms with Crippen molar-refractivity contribution in [1.29, 1.82) is 0 Å². The van der Waals surface area contributed by atoms with E-state index in [4.69, 9.17) is 11.5 Å². The molecule has 0 spiro atoms. The quantitative estimate of drug-likeness (QED) is 0.850. The van der Waals surface area contributed by atoms with Gasteiger partial charge in [0.25, 0.3) is 0 Å². The molecule has 0 saturated carbocycles. The van der Waals surface area contributed by atoms with E-state index in [1.54, 1.807) is 0 Å². The fourth-order valence-electron chi connectivity index (χ4n) is 2.73. The number of rotatable bonds is 4. The molecule has 1 saturated heterocycles. The molecule has 2 heterocycles. The van der Waals surface area contributed by atoms with Gasteiger partial charge in [0.1, 0.15) is 6.04 Å². The van der Waals surface area contributed by atoms with Gasteiger partial charge in [-0.15, -0.1) is 0 Å². The van der Waals surface area contributed by atoms with E-state index < -0.39 is 0 Å². The zero-order valence-electron chi connectivity index (χ0n) is 11.7. The molecule has 0 aliphatic carbocycles. The van der Waals surface area contributed by atoms with Crippen LogP contribution < -0.4 is 16.4 Å². The number of aryl methyl sites for hydroxylation is 2. The van der Waals surface area contributed by atoms with Gasteiger partial charge in [-0.05, 0) is 32.6 Å². The molecule has 1 amide bonds. The Labute approximate surface area is 113 Å². The first-order valence-corrected chi connectivity index (χ1v) is 6.95. The number of amides is 1. The minimum Gasteiger partial charge on any atom is -0.394 e. The van der Waals surface area contributed by atoms with Gasteiger partial charge in [-0.3, -0.25) is 4.79 Å². The average molecular weight is 265 g/mol. The van der Waals surface area contributed by atoms with Crippen LogP contribution in [0, 0.1) is 6.92 Å². The van der Waals surface area contributed by atoms with E-state index in [9.17, 15) is 4.79 Å². The molecule has 1 aromatic heterocycles. The SMILES string of the molecule is CCCn1nc(C)c(N)c1N1CCCCC1C(N)=O. The Balaban J connectivity index is 2.40. The molecule has 1 unspecified atom stereocenters. The highest BCUT2D eigenvalue weighted by molar-refractivity contribution is 5.85. The summed E-state index contributed by atoms with van der Waals surface area (Å²) in [4.78, 5) is 13.7. The molecule has 6 nitrogen and oxygen atoms in total. The summed E-state index contributed by atoms with van der Waals surface area (Å²) in [5.41, 5.74) is 13.2. The largest absolute Gasteiger partial charge is 0.394 e. The van der Waals surface area contributed by atoms with E-state index in [1.807, 2.05) is 16.5 Å². The number of nitrogens with zero attached hydrogens (tertiary/aromatic N) is 3. The van der Waals surface area contributed by atoms with Crippen LogP contribution >= 0.6 is 0 Å². The molecule has 0 aromatic carbocycles. The van der Waals surface area contributed by atoms with Crippen molar-refractivity contribution in [2.75, 3.05) is 17.2 Å². The highest BCUT2D eigenvalue weighted by atomic mass is 16.1. The monoisotopic (exact) mass is 265 g/mol. The minimum absolute atomic E-state index is 0.261. The van der Waals surface area contributed by atoms with Crippen LogP contribution in [0.4, 0.5) is 11.5 Å². The molecule has 0 bridgehead atoms. The molecule has 106 valence electrons. The number of carbonyl (C=O) groups excluding carboxylic acids is 1. The predicted octanol–water partition coefficient (Wildman–Crippen LogP) is 1.03. The Bertz CT molecular complexity index is 468. The van der Waals surface area contributed by atoms with Gasteiger partial charge in [0, 0.05) is 13.1 Å². The van der Waals surface area contributed by atoms with Crippen LogP contribution in [0.1, 0.15) is 38.3 Å². The zero-order chi connectivity index (χ0) is 14.0. The first kappa shape index (κ1) is 13.7. The molecule has 19 heavy (non-hydrogen) atoms. The van der Waals surface area contributed by atoms with Gasteiger partial charge in [-0.2, -0.15) is 5.10 Å². The van der Waals surface area contributed by atoms with Gasteiger partial charge in [0.05, 0.1) is 11.4 Å². The maximum Gasteiger partial charge on any atom is 0.240 e. The van der Waals surface area contributed by atoms with Gasteiger partial charge in [0.2, 0.25) is 5.91 Å². The second-order valence-corrected chi connectivity index (χ2v) is 5.15. The number of primary amides is 1. The number of carbonyl (C=O) groups is 1. The van der Waals surface area contributed by atoms with Crippen molar-refractivity contribution < 1.29 is 4.79 Å². The summed E-state index contributed by atoms with van der Waals surface area (Å²) in [5.74, 6) is 0.587. The highest BCUT2D eigenvalue weighted by Gasteiger charge is 2.31. The second kappa shape index (κ2) is 5.50. The Morgan fingerprint density at radius 3 is 2.84 bits per heavy atom. The molecular weight excluding hydrogens is 242 g/mol. The minimum atomic E-state index is -0.277. The van der Waals surface area contributed by atoms with Crippen molar-refractivity contribution >= 4 is 17.4 Å². The van der Waals surface area contributed by atoms with Gasteiger partial charge >= 0.3 is 0 Å². The maximum atomic E-state index is 11.6. The molecule has 1 aromatic rings. The topological polar surface area (TPSA) is 90.2 Å². The molecular formula is C13H23N5O. The van der Waals surface area contributed by atoms with Crippen LogP contribution in [0.5, 0.6) is 0 Å². The molecule has 1 fully saturated rings. The van der Waals surface area contributed by atoms with Crippen LogP contribution in [0.2, 0.25) is 0 Å². The lowest BCUT2D eigenvalue weighted by Crippen LogP contribution is -2.48. The average Bonchev–Trinajstić information content (AvgIpc) is 2.65. The summed E-state index contributed by atoms with van der Waals surface area (Å²) in [6.45, 7) is 5.61. The Morgan fingerprint density at radius 1 is 1.47 bits per heavy atom. The van der Waals surface area contributed by atoms with Crippen LogP contribution in [-0.2, 0) is 11.3 Å². The molecule has 1 atom stereocenters. The summed E-state index contributed by atoms with van der Waals surface area (Å²) >= 11 is 0. The standard InChI is InChI=1S/C13H23N5O/c1-3-7-18-13(11(14)9(2)16-18)17-8-5-4-6-10(17)12(15)19/h10H,3-8,14H2,1-2H3,(H2,15,19). The Hall–Kier alpha value is -1.72. The highest BCUT2D eigenvalue weighted by Crippen LogP contribution is 2.31. The first-order valence-electron chi connectivity index (χ1n) is 6.95. The molecule has 1 aliphatic rings. The summed E-state index contributed by atoms with van der Waals surface area (Å²) in [6, 6.07) is -0.261. The van der Waals surface area contributed by atoms with Gasteiger partial charge in [-0.25, -0.2) is 4.68 Å². The van der Waals surface area contributed by atoms with E-state index in [0.29, 0.717) is 5.69 Å². The molecule has 0 radical (unpaired) electrons. The molecule has 1 aliphatic heterocycles. The van der Waals surface area contributed by atoms with Crippen molar-refractivity contribution in [2.45, 2.75) is 52.1 Å². The third kappa shape index (κ3) is 2.52. The van der Waals surface area contributed by atoms with E-state index in [0.717, 1.165) is 50.3 Å². The zero-order valence-corrected chi connectivity index (χ0v) is 11.7. The van der Waals surface area contributed by atoms with Crippen LogP contribution in [-0.4, -0.2) is 28.3 Å². The number of hydrogen-bond acceptors (Lipinski definition) is 4. The number of hydrogen-bond donors (Lipinski definition) is 2. The summed E-state index contributed by atoms with van der Waals surface area (Å²) in [7, 11) is 0. The number of piperidine rings is 1. The lowest BCUT2D eigenvalue weighted by molar-refractivity contribution is -0.119. The van der Waals surface area contributed by atoms with Crippen molar-refractivity contribution in [3.63, 3.8) is 0 Å². The number of nitrogens with two attached hydrogens (primary N) is 2. The normalized spacial score (nSPS) is 19.7. The number of aromatic nitrogens is 2. The Kier molecular flexibility index (Phi) is 3.97. The van der Waals surface area contributed by atoms with Crippen LogP contribution in [0.3, 0.4) is 0 Å². The number of nitrogen functional groups attached to an aromatic ring is 1. The third-order valence-corrected chi connectivity index (χ3v) is 3.68. The molecule has 2 rings (SSSR count). The molecule has 4 N–H and O–H groups in total. The van der Waals surface area contributed by atoms with Gasteiger partial charge < -0.3 is 16.4 Å². The lowest BCUT2D eigenvalue weighted by atomic mass is 10.0. The van der Waals surface area contributed by atoms with Crippen molar-refractivity contribution in [2.24, 2.45) is 5.73 Å². The lowest BCUT2D eigenvalue weighted by Gasteiger charge is -2.35. The predicted molar refractivity (Wildman–Crippen MR) is 75.8 cm³/mol. The van der Waals surface area contributed by atoms with Crippen LogP contribution in [0.15, 0.2) is 0 Å². The van der Waals surface area contributed by atoms with Gasteiger partial charge in [-0.1, -0.05) is 6.92 Å². The second-order valence-electron chi connectivity index (χ2n) is 5.15. The fourth-order valence-corrected chi connectivity index (χ4v) is 2.73. The summed E-state index contributed by atoms with van der Waals surface area (Å²) in [5, 5.41) is 4.47. The van der Waals surface area contributed by atoms with Crippen molar-refractivity contribution in [1.82, 2.24) is 9.78 Å². The van der Waals surface area contributed by atoms with E-state index in [-0.39, 0.29) is 11.9 Å². The number of anilines is 2. The summed E-state index contributed by atoms with van der Waals surface area (Å²) < 4.78 is 1.91.